The number of hydrogen-bond donors (Lipinski definition) is 0. The normalized spacial score (nSPS) is 22.8. The molecule has 0 aliphatic heterocycles. The molecular weight excluding hydrogens is 504 g/mol. The molecule has 0 aromatic heterocycles. The standard InChI is InChI=1S/C38H56O3/c1-3-5-7-10-30-13-15-32(16-14-30)12-9-29-40-36-25-27-37(28-26-36)41-38(39)35-23-21-34(22-24-35)33-19-17-31(18-20-33)11-8-6-4-2/h21-28,30-33H,3-20,29H2,1-2H3/t30-,31-,32-,33-. The van der Waals surface area contributed by atoms with Crippen molar-refractivity contribution in [3.8, 4) is 11.5 Å². The Kier molecular flexibility index (Phi) is 13.6. The van der Waals surface area contributed by atoms with Gasteiger partial charge in [-0.25, -0.2) is 4.79 Å². The van der Waals surface area contributed by atoms with Gasteiger partial charge in [0, 0.05) is 0 Å². The van der Waals surface area contributed by atoms with Gasteiger partial charge in [0.1, 0.15) is 11.5 Å². The molecule has 4 rings (SSSR count). The van der Waals surface area contributed by atoms with Crippen molar-refractivity contribution in [1.29, 1.82) is 0 Å². The van der Waals surface area contributed by atoms with E-state index in [1.165, 1.54) is 115 Å². The Bertz CT molecular complexity index is 979. The highest BCUT2D eigenvalue weighted by atomic mass is 16.5. The number of esters is 1. The number of hydrogen-bond acceptors (Lipinski definition) is 3. The molecule has 2 aliphatic carbocycles. The van der Waals surface area contributed by atoms with Gasteiger partial charge in [-0.05, 0) is 104 Å². The van der Waals surface area contributed by atoms with Crippen LogP contribution in [0, 0.1) is 17.8 Å². The second-order valence-electron chi connectivity index (χ2n) is 13.1. The van der Waals surface area contributed by atoms with Crippen molar-refractivity contribution >= 4 is 5.97 Å². The van der Waals surface area contributed by atoms with E-state index < -0.39 is 0 Å². The fourth-order valence-electron chi connectivity index (χ4n) is 7.18. The van der Waals surface area contributed by atoms with E-state index in [0.717, 1.165) is 36.5 Å². The number of carbonyl (C=O) groups excluding carboxylic acids is 1. The van der Waals surface area contributed by atoms with Crippen molar-refractivity contribution in [3.63, 3.8) is 0 Å². The maximum atomic E-state index is 12.7. The molecule has 226 valence electrons. The van der Waals surface area contributed by atoms with Crippen molar-refractivity contribution in [2.24, 2.45) is 17.8 Å². The first-order chi connectivity index (χ1) is 20.1. The molecular formula is C38H56O3. The molecule has 41 heavy (non-hydrogen) atoms. The fraction of sp³-hybridized carbons (Fsp3) is 0.658. The van der Waals surface area contributed by atoms with Crippen LogP contribution in [0.4, 0.5) is 0 Å². The third-order valence-corrected chi connectivity index (χ3v) is 9.92. The first-order valence-electron chi connectivity index (χ1n) is 17.2. The predicted octanol–water partition coefficient (Wildman–Crippen LogP) is 11.3. The molecule has 0 bridgehead atoms. The summed E-state index contributed by atoms with van der Waals surface area (Å²) in [6, 6.07) is 15.6. The summed E-state index contributed by atoms with van der Waals surface area (Å²) in [6.07, 6.45) is 24.4. The third kappa shape index (κ3) is 10.8. The predicted molar refractivity (Wildman–Crippen MR) is 171 cm³/mol. The van der Waals surface area contributed by atoms with E-state index in [1.54, 1.807) is 0 Å². The van der Waals surface area contributed by atoms with Crippen molar-refractivity contribution in [3.05, 3.63) is 59.7 Å². The van der Waals surface area contributed by atoms with Gasteiger partial charge in [-0.3, -0.25) is 0 Å². The molecule has 0 N–H and O–H groups in total. The fourth-order valence-corrected chi connectivity index (χ4v) is 7.18. The molecule has 3 heteroatoms. The minimum atomic E-state index is -0.301. The van der Waals surface area contributed by atoms with Crippen LogP contribution in [0.5, 0.6) is 11.5 Å². The van der Waals surface area contributed by atoms with Gasteiger partial charge in [0.25, 0.3) is 0 Å². The average molecular weight is 561 g/mol. The van der Waals surface area contributed by atoms with E-state index in [9.17, 15) is 4.79 Å². The molecule has 0 amide bonds. The van der Waals surface area contributed by atoms with Gasteiger partial charge < -0.3 is 9.47 Å². The van der Waals surface area contributed by atoms with Gasteiger partial charge in [0.05, 0.1) is 12.2 Å². The van der Waals surface area contributed by atoms with Crippen molar-refractivity contribution < 1.29 is 14.3 Å². The summed E-state index contributed by atoms with van der Waals surface area (Å²) in [4.78, 5) is 12.7. The summed E-state index contributed by atoms with van der Waals surface area (Å²) in [5.41, 5.74) is 1.97. The molecule has 2 fully saturated rings. The molecule has 2 aromatic carbocycles. The Morgan fingerprint density at radius 1 is 0.610 bits per heavy atom. The highest BCUT2D eigenvalue weighted by molar-refractivity contribution is 5.91. The molecule has 0 saturated heterocycles. The van der Waals surface area contributed by atoms with Crippen LogP contribution in [0.2, 0.25) is 0 Å². The molecule has 2 saturated carbocycles. The lowest BCUT2D eigenvalue weighted by Gasteiger charge is -2.29. The second-order valence-corrected chi connectivity index (χ2v) is 13.1. The Morgan fingerprint density at radius 2 is 1.10 bits per heavy atom. The molecule has 0 radical (unpaired) electrons. The Hall–Kier alpha value is -2.29. The minimum Gasteiger partial charge on any atom is -0.494 e. The third-order valence-electron chi connectivity index (χ3n) is 9.92. The summed E-state index contributed by atoms with van der Waals surface area (Å²) < 4.78 is 11.6. The molecule has 0 unspecified atom stereocenters. The zero-order valence-corrected chi connectivity index (χ0v) is 26.1. The van der Waals surface area contributed by atoms with Crippen LogP contribution in [0.1, 0.15) is 151 Å². The van der Waals surface area contributed by atoms with E-state index >= 15 is 0 Å². The van der Waals surface area contributed by atoms with Crippen LogP contribution >= 0.6 is 0 Å². The maximum Gasteiger partial charge on any atom is 0.343 e. The number of ether oxygens (including phenoxy) is 2. The summed E-state index contributed by atoms with van der Waals surface area (Å²) in [5.74, 6) is 4.51. The minimum absolute atomic E-state index is 0.301. The van der Waals surface area contributed by atoms with E-state index in [0.29, 0.717) is 17.2 Å². The maximum absolute atomic E-state index is 12.7. The van der Waals surface area contributed by atoms with Crippen molar-refractivity contribution in [2.45, 2.75) is 135 Å². The van der Waals surface area contributed by atoms with Crippen molar-refractivity contribution in [1.82, 2.24) is 0 Å². The number of benzene rings is 2. The van der Waals surface area contributed by atoms with Gasteiger partial charge in [0.15, 0.2) is 0 Å². The van der Waals surface area contributed by atoms with Crippen molar-refractivity contribution in [2.75, 3.05) is 6.61 Å². The summed E-state index contributed by atoms with van der Waals surface area (Å²) in [6.45, 7) is 5.33. The van der Waals surface area contributed by atoms with Gasteiger partial charge in [0.2, 0.25) is 0 Å². The van der Waals surface area contributed by atoms with Crippen LogP contribution in [0.25, 0.3) is 0 Å². The molecule has 0 atom stereocenters. The van der Waals surface area contributed by atoms with Crippen LogP contribution in [0.15, 0.2) is 48.5 Å². The molecule has 2 aliphatic rings. The largest absolute Gasteiger partial charge is 0.494 e. The number of carbonyl (C=O) groups is 1. The van der Waals surface area contributed by atoms with Crippen LogP contribution in [-0.4, -0.2) is 12.6 Å². The molecule has 0 spiro atoms. The second kappa shape index (κ2) is 17.6. The lowest BCUT2D eigenvalue weighted by atomic mass is 9.77. The lowest BCUT2D eigenvalue weighted by Crippen LogP contribution is -2.15. The first-order valence-corrected chi connectivity index (χ1v) is 17.2. The Labute approximate surface area is 250 Å². The number of rotatable bonds is 16. The zero-order chi connectivity index (χ0) is 28.7. The first kappa shape index (κ1) is 31.6. The topological polar surface area (TPSA) is 35.5 Å². The van der Waals surface area contributed by atoms with E-state index in [4.69, 9.17) is 9.47 Å². The highest BCUT2D eigenvalue weighted by Gasteiger charge is 2.23. The summed E-state index contributed by atoms with van der Waals surface area (Å²) in [7, 11) is 0. The quantitative estimate of drug-likeness (QED) is 0.116. The lowest BCUT2D eigenvalue weighted by molar-refractivity contribution is 0.0734. The highest BCUT2D eigenvalue weighted by Crippen LogP contribution is 2.38. The Morgan fingerprint density at radius 3 is 1.63 bits per heavy atom. The van der Waals surface area contributed by atoms with Crippen LogP contribution < -0.4 is 9.47 Å². The molecule has 3 nitrogen and oxygen atoms in total. The van der Waals surface area contributed by atoms with E-state index in [1.807, 2.05) is 36.4 Å². The van der Waals surface area contributed by atoms with Gasteiger partial charge in [-0.2, -0.15) is 0 Å². The average Bonchev–Trinajstić information content (AvgIpc) is 3.01. The van der Waals surface area contributed by atoms with E-state index in [2.05, 4.69) is 26.0 Å². The smallest absolute Gasteiger partial charge is 0.343 e. The zero-order valence-electron chi connectivity index (χ0n) is 26.1. The monoisotopic (exact) mass is 560 g/mol. The Balaban J connectivity index is 1.11. The van der Waals surface area contributed by atoms with Crippen LogP contribution in [0.3, 0.4) is 0 Å². The SMILES string of the molecule is CCCCC[C@H]1CC[C@H](CCCOc2ccc(OC(=O)c3ccc([C@H]4CC[C@H](CCCCC)CC4)cc3)cc2)CC1. The summed E-state index contributed by atoms with van der Waals surface area (Å²) in [5, 5.41) is 0. The van der Waals surface area contributed by atoms with Gasteiger partial charge >= 0.3 is 5.97 Å². The van der Waals surface area contributed by atoms with E-state index in [-0.39, 0.29) is 5.97 Å². The molecule has 2 aromatic rings. The molecule has 0 heterocycles. The van der Waals surface area contributed by atoms with Gasteiger partial charge in [-0.1, -0.05) is 103 Å². The van der Waals surface area contributed by atoms with Gasteiger partial charge in [-0.15, -0.1) is 0 Å². The number of unbranched alkanes of at least 4 members (excludes halogenated alkanes) is 4. The summed E-state index contributed by atoms with van der Waals surface area (Å²) >= 11 is 0. The van der Waals surface area contributed by atoms with Crippen LogP contribution in [-0.2, 0) is 0 Å².